The monoisotopic (exact) mass is 354 g/mol. The smallest absolute Gasteiger partial charge is 0.348 e. The molecule has 20 heavy (non-hydrogen) atoms. The van der Waals surface area contributed by atoms with E-state index in [-0.39, 0.29) is 19.4 Å². The van der Waals surface area contributed by atoms with Crippen LogP contribution in [0.1, 0.15) is 20.1 Å². The molecule has 104 valence electrons. The van der Waals surface area contributed by atoms with Crippen LogP contribution in [-0.4, -0.2) is 12.8 Å². The standard InChI is InChI=1S/C14H11BrO4S/c1-8-2-3-13(20-8)14(16)17-6-9-4-11-12(5-10(9)15)19-7-18-11/h2-5H,6-7H2,1H3. The van der Waals surface area contributed by atoms with Crippen LogP contribution in [0, 0.1) is 6.92 Å². The van der Waals surface area contributed by atoms with Gasteiger partial charge in [-0.25, -0.2) is 4.79 Å². The molecule has 0 spiro atoms. The Hall–Kier alpha value is -1.53. The summed E-state index contributed by atoms with van der Waals surface area (Å²) in [7, 11) is 0. The third kappa shape index (κ3) is 2.66. The second-order valence-corrected chi connectivity index (χ2v) is 6.43. The van der Waals surface area contributed by atoms with Gasteiger partial charge in [-0.15, -0.1) is 11.3 Å². The molecule has 0 bridgehead atoms. The van der Waals surface area contributed by atoms with E-state index in [1.807, 2.05) is 25.1 Å². The maximum atomic E-state index is 11.9. The van der Waals surface area contributed by atoms with Gasteiger partial charge >= 0.3 is 5.97 Å². The van der Waals surface area contributed by atoms with Crippen molar-refractivity contribution < 1.29 is 19.0 Å². The Morgan fingerprint density at radius 2 is 2.10 bits per heavy atom. The van der Waals surface area contributed by atoms with Gasteiger partial charge in [-0.05, 0) is 31.2 Å². The maximum Gasteiger partial charge on any atom is 0.348 e. The molecule has 3 rings (SSSR count). The Labute approximate surface area is 128 Å². The summed E-state index contributed by atoms with van der Waals surface area (Å²) in [6, 6.07) is 7.31. The normalized spacial score (nSPS) is 12.5. The van der Waals surface area contributed by atoms with Crippen molar-refractivity contribution in [2.45, 2.75) is 13.5 Å². The number of aryl methyl sites for hydroxylation is 1. The highest BCUT2D eigenvalue weighted by molar-refractivity contribution is 9.10. The molecule has 1 aromatic carbocycles. The molecule has 1 aromatic heterocycles. The third-order valence-electron chi connectivity index (χ3n) is 2.84. The van der Waals surface area contributed by atoms with Gasteiger partial charge in [-0.3, -0.25) is 0 Å². The Morgan fingerprint density at radius 1 is 1.35 bits per heavy atom. The summed E-state index contributed by atoms with van der Waals surface area (Å²) < 4.78 is 16.7. The molecule has 0 atom stereocenters. The molecular weight excluding hydrogens is 344 g/mol. The van der Waals surface area contributed by atoms with Crippen LogP contribution in [0.15, 0.2) is 28.7 Å². The molecule has 0 amide bonds. The van der Waals surface area contributed by atoms with Crippen molar-refractivity contribution in [3.63, 3.8) is 0 Å². The molecule has 0 fully saturated rings. The predicted molar refractivity (Wildman–Crippen MR) is 78.4 cm³/mol. The van der Waals surface area contributed by atoms with Crippen LogP contribution in [0.25, 0.3) is 0 Å². The zero-order valence-electron chi connectivity index (χ0n) is 10.6. The number of fused-ring (bicyclic) bond motifs is 1. The Morgan fingerprint density at radius 3 is 2.80 bits per heavy atom. The molecule has 4 nitrogen and oxygen atoms in total. The molecule has 0 unspecified atom stereocenters. The zero-order chi connectivity index (χ0) is 14.1. The number of esters is 1. The van der Waals surface area contributed by atoms with Crippen LogP contribution in [0.4, 0.5) is 0 Å². The first-order valence-corrected chi connectivity index (χ1v) is 7.56. The van der Waals surface area contributed by atoms with Gasteiger partial charge in [0.2, 0.25) is 6.79 Å². The SMILES string of the molecule is Cc1ccc(C(=O)OCc2cc3c(cc2Br)OCO3)s1. The number of benzene rings is 1. The highest BCUT2D eigenvalue weighted by Gasteiger charge is 2.17. The number of halogens is 1. The van der Waals surface area contributed by atoms with Crippen molar-refractivity contribution in [3.05, 3.63) is 44.1 Å². The lowest BCUT2D eigenvalue weighted by molar-refractivity contribution is 0.0477. The van der Waals surface area contributed by atoms with Crippen LogP contribution in [0.3, 0.4) is 0 Å². The number of hydrogen-bond donors (Lipinski definition) is 0. The van der Waals surface area contributed by atoms with E-state index < -0.39 is 0 Å². The van der Waals surface area contributed by atoms with Gasteiger partial charge in [-0.2, -0.15) is 0 Å². The number of rotatable bonds is 3. The average molecular weight is 355 g/mol. The van der Waals surface area contributed by atoms with E-state index in [0.717, 1.165) is 14.9 Å². The molecule has 0 radical (unpaired) electrons. The topological polar surface area (TPSA) is 44.8 Å². The lowest BCUT2D eigenvalue weighted by Gasteiger charge is -2.07. The van der Waals surface area contributed by atoms with Crippen molar-refractivity contribution in [1.29, 1.82) is 0 Å². The Bertz CT molecular complexity index is 665. The van der Waals surface area contributed by atoms with Crippen molar-refractivity contribution >= 4 is 33.2 Å². The molecular formula is C14H11BrO4S. The van der Waals surface area contributed by atoms with E-state index in [1.54, 1.807) is 6.07 Å². The second kappa shape index (κ2) is 5.46. The molecule has 1 aliphatic rings. The van der Waals surface area contributed by atoms with Crippen LogP contribution in [-0.2, 0) is 11.3 Å². The summed E-state index contributed by atoms with van der Waals surface area (Å²) in [4.78, 5) is 13.6. The van der Waals surface area contributed by atoms with Gasteiger partial charge in [0.1, 0.15) is 11.5 Å². The largest absolute Gasteiger partial charge is 0.457 e. The first-order valence-electron chi connectivity index (χ1n) is 5.95. The highest BCUT2D eigenvalue weighted by atomic mass is 79.9. The van der Waals surface area contributed by atoms with Crippen molar-refractivity contribution in [2.24, 2.45) is 0 Å². The maximum absolute atomic E-state index is 11.9. The molecule has 0 saturated heterocycles. The van der Waals surface area contributed by atoms with Crippen molar-refractivity contribution in [3.8, 4) is 11.5 Å². The third-order valence-corrected chi connectivity index (χ3v) is 4.56. The average Bonchev–Trinajstić information content (AvgIpc) is 3.04. The van der Waals surface area contributed by atoms with Crippen molar-refractivity contribution in [2.75, 3.05) is 6.79 Å². The summed E-state index contributed by atoms with van der Waals surface area (Å²) in [5, 5.41) is 0. The number of carbonyl (C=O) groups is 1. The minimum atomic E-state index is -0.312. The minimum absolute atomic E-state index is 0.188. The first-order chi connectivity index (χ1) is 9.63. The first kappa shape index (κ1) is 13.5. The Balaban J connectivity index is 1.71. The summed E-state index contributed by atoms with van der Waals surface area (Å²) in [5.41, 5.74) is 0.843. The van der Waals surface area contributed by atoms with E-state index in [9.17, 15) is 4.79 Å². The van der Waals surface area contributed by atoms with Crippen LogP contribution >= 0.6 is 27.3 Å². The van der Waals surface area contributed by atoms with Crippen molar-refractivity contribution in [1.82, 2.24) is 0 Å². The number of thiophene rings is 1. The van der Waals surface area contributed by atoms with Crippen LogP contribution < -0.4 is 9.47 Å². The molecule has 0 N–H and O–H groups in total. The van der Waals surface area contributed by atoms with E-state index in [4.69, 9.17) is 14.2 Å². The molecule has 0 aliphatic carbocycles. The zero-order valence-corrected chi connectivity index (χ0v) is 13.0. The van der Waals surface area contributed by atoms with Gasteiger partial charge in [-0.1, -0.05) is 15.9 Å². The molecule has 2 heterocycles. The lowest BCUT2D eigenvalue weighted by atomic mass is 10.2. The van der Waals surface area contributed by atoms with Gasteiger partial charge in [0.25, 0.3) is 0 Å². The summed E-state index contributed by atoms with van der Waals surface area (Å²) in [6.45, 7) is 2.36. The van der Waals surface area contributed by atoms with Crippen LogP contribution in [0.5, 0.6) is 11.5 Å². The fourth-order valence-electron chi connectivity index (χ4n) is 1.83. The van der Waals surface area contributed by atoms with Gasteiger partial charge in [0, 0.05) is 14.9 Å². The fraction of sp³-hybridized carbons (Fsp3) is 0.214. The quantitative estimate of drug-likeness (QED) is 0.784. The fourth-order valence-corrected chi connectivity index (χ4v) is 3.03. The summed E-state index contributed by atoms with van der Waals surface area (Å²) >= 11 is 4.86. The predicted octanol–water partition coefficient (Wildman–Crippen LogP) is 3.90. The van der Waals surface area contributed by atoms with E-state index >= 15 is 0 Å². The number of ether oxygens (including phenoxy) is 3. The van der Waals surface area contributed by atoms with Gasteiger partial charge < -0.3 is 14.2 Å². The molecule has 2 aromatic rings. The van der Waals surface area contributed by atoms with Gasteiger partial charge in [0.05, 0.1) is 0 Å². The summed E-state index contributed by atoms with van der Waals surface area (Å²) in [6.07, 6.45) is 0. The van der Waals surface area contributed by atoms with Crippen LogP contribution in [0.2, 0.25) is 0 Å². The molecule has 6 heteroatoms. The van der Waals surface area contributed by atoms with Gasteiger partial charge in [0.15, 0.2) is 11.5 Å². The second-order valence-electron chi connectivity index (χ2n) is 4.28. The lowest BCUT2D eigenvalue weighted by Crippen LogP contribution is -2.03. The van der Waals surface area contributed by atoms with E-state index in [0.29, 0.717) is 16.4 Å². The number of hydrogen-bond acceptors (Lipinski definition) is 5. The number of carbonyl (C=O) groups excluding carboxylic acids is 1. The molecule has 0 saturated carbocycles. The van der Waals surface area contributed by atoms with E-state index in [2.05, 4.69) is 15.9 Å². The molecule has 1 aliphatic heterocycles. The summed E-state index contributed by atoms with van der Waals surface area (Å²) in [5.74, 6) is 1.06. The Kier molecular flexibility index (Phi) is 3.67. The highest BCUT2D eigenvalue weighted by Crippen LogP contribution is 2.37. The van der Waals surface area contributed by atoms with E-state index in [1.165, 1.54) is 11.3 Å². The minimum Gasteiger partial charge on any atom is -0.457 e.